The number of methoxy groups -OCH3 is 2. The fourth-order valence-electron chi connectivity index (χ4n) is 2.59. The predicted octanol–water partition coefficient (Wildman–Crippen LogP) is 2.46. The lowest BCUT2D eigenvalue weighted by Crippen LogP contribution is -2.19. The number of carbonyl (C=O) groups is 1. The summed E-state index contributed by atoms with van der Waals surface area (Å²) in [5, 5.41) is 11.8. The van der Waals surface area contributed by atoms with Gasteiger partial charge < -0.3 is 19.9 Å². The Bertz CT molecular complexity index is 574. The molecule has 0 bridgehead atoms. The molecule has 0 spiro atoms. The molecule has 0 saturated carbocycles. The van der Waals surface area contributed by atoms with Crippen molar-refractivity contribution in [2.45, 2.75) is 18.6 Å². The highest BCUT2D eigenvalue weighted by Crippen LogP contribution is 2.43. The van der Waals surface area contributed by atoms with E-state index in [0.717, 1.165) is 6.07 Å². The fraction of sp³-hybridized carbons (Fsp3) is 0.500. The van der Waals surface area contributed by atoms with Gasteiger partial charge in [-0.25, -0.2) is 0 Å². The maximum atomic E-state index is 13.3. The summed E-state index contributed by atoms with van der Waals surface area (Å²) < 4.78 is 49.8. The third-order valence-corrected chi connectivity index (χ3v) is 3.72. The molecule has 0 amide bonds. The molecule has 0 aromatic heterocycles. The first-order valence-corrected chi connectivity index (χ1v) is 6.57. The molecular weight excluding hydrogens is 303 g/mol. The van der Waals surface area contributed by atoms with E-state index in [9.17, 15) is 18.0 Å². The summed E-state index contributed by atoms with van der Waals surface area (Å²) in [6, 6.07) is 1.44. The molecule has 2 rings (SSSR count). The summed E-state index contributed by atoms with van der Waals surface area (Å²) in [6.07, 6.45) is -4.48. The number of benzene rings is 1. The van der Waals surface area contributed by atoms with E-state index in [4.69, 9.17) is 14.6 Å². The average Bonchev–Trinajstić information content (AvgIpc) is 2.94. The maximum absolute atomic E-state index is 13.3. The highest BCUT2D eigenvalue weighted by Gasteiger charge is 2.39. The van der Waals surface area contributed by atoms with E-state index in [2.05, 4.69) is 5.32 Å². The van der Waals surface area contributed by atoms with Crippen LogP contribution in [0.15, 0.2) is 12.1 Å². The molecule has 2 unspecified atom stereocenters. The van der Waals surface area contributed by atoms with Crippen LogP contribution in [0.1, 0.15) is 23.6 Å². The fourth-order valence-corrected chi connectivity index (χ4v) is 2.59. The second-order valence-electron chi connectivity index (χ2n) is 5.02. The third-order valence-electron chi connectivity index (χ3n) is 3.72. The van der Waals surface area contributed by atoms with Gasteiger partial charge >= 0.3 is 12.1 Å². The van der Waals surface area contributed by atoms with Gasteiger partial charge in [-0.2, -0.15) is 13.2 Å². The lowest BCUT2D eigenvalue weighted by molar-refractivity contribution is -0.141. The van der Waals surface area contributed by atoms with E-state index < -0.39 is 29.7 Å². The first-order valence-electron chi connectivity index (χ1n) is 6.57. The Morgan fingerprint density at radius 3 is 2.32 bits per heavy atom. The van der Waals surface area contributed by atoms with Crippen LogP contribution in [0.25, 0.3) is 0 Å². The smallest absolute Gasteiger partial charge is 0.416 e. The molecule has 1 saturated heterocycles. The number of hydrogen-bond acceptors (Lipinski definition) is 4. The van der Waals surface area contributed by atoms with Gasteiger partial charge in [0, 0.05) is 12.6 Å². The molecule has 1 heterocycles. The van der Waals surface area contributed by atoms with Crippen LogP contribution in [0, 0.1) is 5.92 Å². The van der Waals surface area contributed by atoms with Crippen molar-refractivity contribution < 1.29 is 32.5 Å². The van der Waals surface area contributed by atoms with Gasteiger partial charge in [-0.1, -0.05) is 0 Å². The summed E-state index contributed by atoms with van der Waals surface area (Å²) in [7, 11) is 2.59. The van der Waals surface area contributed by atoms with E-state index in [0.29, 0.717) is 0 Å². The van der Waals surface area contributed by atoms with Crippen LogP contribution in [-0.2, 0) is 11.0 Å². The Hall–Kier alpha value is -1.96. The van der Waals surface area contributed by atoms with Crippen molar-refractivity contribution in [2.24, 2.45) is 5.92 Å². The van der Waals surface area contributed by atoms with Gasteiger partial charge in [-0.05, 0) is 24.1 Å². The van der Waals surface area contributed by atoms with Gasteiger partial charge in [0.15, 0.2) is 11.5 Å². The van der Waals surface area contributed by atoms with Gasteiger partial charge in [0.05, 0.1) is 25.7 Å². The minimum absolute atomic E-state index is 0.0219. The zero-order valence-electron chi connectivity index (χ0n) is 12.0. The number of carboxylic acid groups (broad SMARTS) is 1. The maximum Gasteiger partial charge on any atom is 0.416 e. The number of ether oxygens (including phenoxy) is 2. The summed E-state index contributed by atoms with van der Waals surface area (Å²) in [6.45, 7) is 0.131. The average molecular weight is 319 g/mol. The van der Waals surface area contributed by atoms with Crippen LogP contribution in [0.2, 0.25) is 0 Å². The van der Waals surface area contributed by atoms with E-state index in [1.54, 1.807) is 0 Å². The Balaban J connectivity index is 2.47. The molecule has 0 aliphatic carbocycles. The minimum atomic E-state index is -4.57. The van der Waals surface area contributed by atoms with Crippen LogP contribution >= 0.6 is 0 Å². The Morgan fingerprint density at radius 2 is 1.86 bits per heavy atom. The van der Waals surface area contributed by atoms with Gasteiger partial charge in [-0.3, -0.25) is 4.79 Å². The second kappa shape index (κ2) is 6.04. The van der Waals surface area contributed by atoms with E-state index in [1.165, 1.54) is 20.3 Å². The number of carboxylic acids is 1. The van der Waals surface area contributed by atoms with Crippen LogP contribution in [0.3, 0.4) is 0 Å². The van der Waals surface area contributed by atoms with E-state index in [-0.39, 0.29) is 30.0 Å². The number of rotatable bonds is 4. The molecule has 1 aromatic rings. The van der Waals surface area contributed by atoms with Gasteiger partial charge in [0.2, 0.25) is 0 Å². The van der Waals surface area contributed by atoms with Crippen LogP contribution < -0.4 is 14.8 Å². The molecule has 2 atom stereocenters. The highest BCUT2D eigenvalue weighted by atomic mass is 19.4. The molecular formula is C14H16F3NO4. The van der Waals surface area contributed by atoms with E-state index in [1.807, 2.05) is 0 Å². The third kappa shape index (κ3) is 3.11. The van der Waals surface area contributed by atoms with Gasteiger partial charge in [0.1, 0.15) is 0 Å². The molecule has 1 aliphatic rings. The lowest BCUT2D eigenvalue weighted by Gasteiger charge is -2.20. The van der Waals surface area contributed by atoms with Crippen molar-refractivity contribution in [3.8, 4) is 11.5 Å². The summed E-state index contributed by atoms with van der Waals surface area (Å²) >= 11 is 0. The topological polar surface area (TPSA) is 67.8 Å². The first-order chi connectivity index (χ1) is 10.3. The Morgan fingerprint density at radius 1 is 1.27 bits per heavy atom. The normalized spacial score (nSPS) is 21.7. The van der Waals surface area contributed by atoms with Crippen LogP contribution in [-0.4, -0.2) is 31.8 Å². The Labute approximate surface area is 125 Å². The molecule has 8 heteroatoms. The van der Waals surface area contributed by atoms with Gasteiger partial charge in [-0.15, -0.1) is 0 Å². The molecule has 2 N–H and O–H groups in total. The van der Waals surface area contributed by atoms with E-state index >= 15 is 0 Å². The van der Waals surface area contributed by atoms with Crippen LogP contribution in [0.4, 0.5) is 13.2 Å². The molecule has 1 fully saturated rings. The minimum Gasteiger partial charge on any atom is -0.493 e. The highest BCUT2D eigenvalue weighted by molar-refractivity contribution is 5.71. The Kier molecular flexibility index (Phi) is 4.50. The van der Waals surface area contributed by atoms with Crippen molar-refractivity contribution in [1.82, 2.24) is 5.32 Å². The van der Waals surface area contributed by atoms with Gasteiger partial charge in [0.25, 0.3) is 0 Å². The first kappa shape index (κ1) is 16.4. The van der Waals surface area contributed by atoms with Crippen molar-refractivity contribution in [2.75, 3.05) is 20.8 Å². The van der Waals surface area contributed by atoms with Crippen molar-refractivity contribution in [3.05, 3.63) is 23.3 Å². The second-order valence-corrected chi connectivity index (χ2v) is 5.02. The zero-order valence-corrected chi connectivity index (χ0v) is 12.0. The summed E-state index contributed by atoms with van der Waals surface area (Å²) in [5.74, 6) is -1.58. The number of halogens is 3. The predicted molar refractivity (Wildman–Crippen MR) is 71.0 cm³/mol. The zero-order chi connectivity index (χ0) is 16.5. The van der Waals surface area contributed by atoms with Crippen molar-refractivity contribution in [3.63, 3.8) is 0 Å². The standard InChI is InChI=1S/C14H16F3NO4/c1-21-11-4-8(10-3-7(6-18-10)13(19)20)9(14(15,16)17)5-12(11)22-2/h4-5,7,10,18H,3,6H2,1-2H3,(H,19,20). The van der Waals surface area contributed by atoms with Crippen LogP contribution in [0.5, 0.6) is 11.5 Å². The lowest BCUT2D eigenvalue weighted by atomic mass is 9.95. The number of aliphatic carboxylic acids is 1. The molecule has 22 heavy (non-hydrogen) atoms. The molecule has 122 valence electrons. The summed E-state index contributed by atoms with van der Waals surface area (Å²) in [4.78, 5) is 11.0. The monoisotopic (exact) mass is 319 g/mol. The number of alkyl halides is 3. The molecule has 0 radical (unpaired) electrons. The molecule has 1 aliphatic heterocycles. The number of hydrogen-bond donors (Lipinski definition) is 2. The molecule has 1 aromatic carbocycles. The summed E-state index contributed by atoms with van der Waals surface area (Å²) in [5.41, 5.74) is -0.886. The van der Waals surface area contributed by atoms with Crippen molar-refractivity contribution in [1.29, 1.82) is 0 Å². The van der Waals surface area contributed by atoms with Crippen molar-refractivity contribution >= 4 is 5.97 Å². The quantitative estimate of drug-likeness (QED) is 0.892. The number of nitrogens with one attached hydrogen (secondary N) is 1. The largest absolute Gasteiger partial charge is 0.493 e. The molecule has 5 nitrogen and oxygen atoms in total. The SMILES string of the molecule is COc1cc(C2CC(C(=O)O)CN2)c(C(F)(F)F)cc1OC.